The van der Waals surface area contributed by atoms with Crippen LogP contribution in [-0.4, -0.2) is 0 Å². The summed E-state index contributed by atoms with van der Waals surface area (Å²) < 4.78 is 17.0. The summed E-state index contributed by atoms with van der Waals surface area (Å²) in [5.41, 5.74) is 0. The Balaban J connectivity index is -0.0000000775. The third kappa shape index (κ3) is 206. The van der Waals surface area contributed by atoms with Crippen molar-refractivity contribution < 1.29 is 25.7 Å². The second-order valence-corrected chi connectivity index (χ2v) is 5.19. The number of hydrogen-bond donors (Lipinski definition) is 0. The molecule has 0 N–H and O–H groups in total. The van der Waals surface area contributed by atoms with Crippen LogP contribution >= 0.6 is 0 Å². The molecule has 2 nitrogen and oxygen atoms in total. The van der Waals surface area contributed by atoms with E-state index >= 15 is 0 Å². The molecule has 0 spiro atoms. The maximum atomic E-state index is 8.50. The zero-order valence-electron chi connectivity index (χ0n) is 13.4. The van der Waals surface area contributed by atoms with Crippen LogP contribution in [0.4, 0.5) is 0 Å². The molecule has 0 aromatic carbocycles. The van der Waals surface area contributed by atoms with E-state index in [4.69, 9.17) is 6.65 Å². The maximum absolute atomic E-state index is 8.50. The molecule has 3 heteroatoms. The fourth-order valence-electron chi connectivity index (χ4n) is 0.677. The molecule has 0 saturated heterocycles. The summed E-state index contributed by atoms with van der Waals surface area (Å²) in [5, 5.41) is 0. The predicted molar refractivity (Wildman–Crippen MR) is 76.2 cm³/mol. The fraction of sp³-hybridized carbons (Fsp3) is 0.867. The van der Waals surface area contributed by atoms with E-state index in [2.05, 4.69) is 55.4 Å². The van der Waals surface area contributed by atoms with Crippen molar-refractivity contribution in [1.29, 1.82) is 0 Å². The molecule has 0 aliphatic heterocycles. The van der Waals surface area contributed by atoms with Gasteiger partial charge in [-0.15, -0.1) is 0 Å². The molecule has 0 aliphatic carbocycles. The standard InChI is InChI=1S/C7H16.2C4H9.2O.Ti/c1-3-5-7-6-4-2;2*1-4(2)3;;;/h3-7H2,1-2H3;2*4H,1H2,2-3H3;;;/q;2*-1;;;. The van der Waals surface area contributed by atoms with Gasteiger partial charge in [-0.2, -0.15) is 11.8 Å². The SMILES string of the molecule is CCCCCCC.[CH2-]C(C)C.[CH2-]C(C)C.[O]=[Ti]=[O]. The zero-order chi connectivity index (χ0) is 15.4. The molecular formula is C15H34O2Ti-2. The predicted octanol–water partition coefficient (Wildman–Crippen LogP) is 5.69. The summed E-state index contributed by atoms with van der Waals surface area (Å²) in [7, 11) is 0. The Morgan fingerprint density at radius 1 is 0.778 bits per heavy atom. The van der Waals surface area contributed by atoms with Gasteiger partial charge in [0.25, 0.3) is 0 Å². The molecule has 0 radical (unpaired) electrons. The summed E-state index contributed by atoms with van der Waals surface area (Å²) in [6.45, 7) is 20.0. The molecule has 0 aromatic rings. The minimum atomic E-state index is -2.00. The van der Waals surface area contributed by atoms with Crippen molar-refractivity contribution in [1.82, 2.24) is 0 Å². The monoisotopic (exact) mass is 294 g/mol. The van der Waals surface area contributed by atoms with Crippen molar-refractivity contribution in [3.8, 4) is 0 Å². The van der Waals surface area contributed by atoms with Crippen LogP contribution in [0.1, 0.15) is 73.6 Å². The molecule has 0 heterocycles. The topological polar surface area (TPSA) is 34.1 Å². The van der Waals surface area contributed by atoms with Gasteiger partial charge in [0, 0.05) is 0 Å². The fourth-order valence-corrected chi connectivity index (χ4v) is 0.677. The van der Waals surface area contributed by atoms with E-state index in [0.29, 0.717) is 11.8 Å². The first-order chi connectivity index (χ1) is 8.29. The Labute approximate surface area is 125 Å². The van der Waals surface area contributed by atoms with E-state index in [-0.39, 0.29) is 0 Å². The average molecular weight is 294 g/mol. The first-order valence-corrected chi connectivity index (χ1v) is 8.22. The van der Waals surface area contributed by atoms with Gasteiger partial charge in [-0.1, -0.05) is 73.6 Å². The molecule has 112 valence electrons. The number of unbranched alkanes of at least 4 members (excludes halogenated alkanes) is 4. The molecule has 0 bridgehead atoms. The van der Waals surface area contributed by atoms with Gasteiger partial charge in [0.15, 0.2) is 0 Å². The Morgan fingerprint density at radius 3 is 1.06 bits per heavy atom. The van der Waals surface area contributed by atoms with E-state index in [1.165, 1.54) is 32.1 Å². The van der Waals surface area contributed by atoms with Gasteiger partial charge in [0.05, 0.1) is 0 Å². The Kier molecular flexibility index (Phi) is 45.2. The molecule has 0 rings (SSSR count). The van der Waals surface area contributed by atoms with Gasteiger partial charge >= 0.3 is 25.7 Å². The Morgan fingerprint density at radius 2 is 0.944 bits per heavy atom. The Bertz CT molecular complexity index is 124. The number of rotatable bonds is 4. The van der Waals surface area contributed by atoms with Crippen LogP contribution < -0.4 is 0 Å². The van der Waals surface area contributed by atoms with Gasteiger partial charge in [0.1, 0.15) is 0 Å². The zero-order valence-corrected chi connectivity index (χ0v) is 15.0. The van der Waals surface area contributed by atoms with E-state index in [1.807, 2.05) is 0 Å². The summed E-state index contributed by atoms with van der Waals surface area (Å²) >= 11 is -2.00. The van der Waals surface area contributed by atoms with Crippen LogP contribution in [0.2, 0.25) is 0 Å². The molecule has 0 atom stereocenters. The van der Waals surface area contributed by atoms with Crippen molar-refractivity contribution in [3.63, 3.8) is 0 Å². The molecular weight excluding hydrogens is 260 g/mol. The van der Waals surface area contributed by atoms with Crippen molar-refractivity contribution >= 4 is 0 Å². The first-order valence-electron chi connectivity index (χ1n) is 6.95. The number of hydrogen-bond acceptors (Lipinski definition) is 2. The van der Waals surface area contributed by atoms with Crippen LogP contribution in [-0.2, 0) is 25.7 Å². The van der Waals surface area contributed by atoms with E-state index in [1.54, 1.807) is 0 Å². The van der Waals surface area contributed by atoms with Crippen LogP contribution in [0, 0.1) is 25.7 Å². The Hall–Kier alpha value is 0.314. The van der Waals surface area contributed by atoms with Crippen molar-refractivity contribution in [2.45, 2.75) is 73.6 Å². The summed E-state index contributed by atoms with van der Waals surface area (Å²) in [6, 6.07) is 0. The molecule has 0 aliphatic rings. The van der Waals surface area contributed by atoms with Gasteiger partial charge in [-0.05, 0) is 0 Å². The molecule has 0 aromatic heterocycles. The molecule has 18 heavy (non-hydrogen) atoms. The molecule has 0 fully saturated rings. The summed E-state index contributed by atoms with van der Waals surface area (Å²) in [5.74, 6) is 1.17. The van der Waals surface area contributed by atoms with Gasteiger partial charge in [-0.3, -0.25) is 0 Å². The third-order valence-electron chi connectivity index (χ3n) is 1.21. The second kappa shape index (κ2) is 30.4. The van der Waals surface area contributed by atoms with E-state index < -0.39 is 19.1 Å². The van der Waals surface area contributed by atoms with Crippen molar-refractivity contribution in [2.75, 3.05) is 0 Å². The summed E-state index contributed by atoms with van der Waals surface area (Å²) in [4.78, 5) is 0. The van der Waals surface area contributed by atoms with Crippen LogP contribution in [0.5, 0.6) is 0 Å². The van der Waals surface area contributed by atoms with Gasteiger partial charge in [0.2, 0.25) is 0 Å². The second-order valence-electron chi connectivity index (χ2n) is 4.93. The van der Waals surface area contributed by atoms with Crippen molar-refractivity contribution in [2.24, 2.45) is 11.8 Å². The van der Waals surface area contributed by atoms with Gasteiger partial charge in [-0.25, -0.2) is 0 Å². The van der Waals surface area contributed by atoms with E-state index in [9.17, 15) is 0 Å². The van der Waals surface area contributed by atoms with Crippen LogP contribution in [0.25, 0.3) is 0 Å². The van der Waals surface area contributed by atoms with Crippen LogP contribution in [0.3, 0.4) is 0 Å². The molecule has 0 amide bonds. The third-order valence-corrected chi connectivity index (χ3v) is 1.21. The quantitative estimate of drug-likeness (QED) is 0.379. The average Bonchev–Trinajstić information content (AvgIpc) is 2.18. The van der Waals surface area contributed by atoms with Crippen molar-refractivity contribution in [3.05, 3.63) is 13.8 Å². The first kappa shape index (κ1) is 26.8. The van der Waals surface area contributed by atoms with E-state index in [0.717, 1.165) is 0 Å². The molecule has 0 unspecified atom stereocenters. The van der Waals surface area contributed by atoms with Crippen LogP contribution in [0.15, 0.2) is 0 Å². The minimum absolute atomic E-state index is 0.583. The summed E-state index contributed by atoms with van der Waals surface area (Å²) in [6.07, 6.45) is 7.01. The molecule has 0 saturated carbocycles. The normalized spacial score (nSPS) is 8.11. The van der Waals surface area contributed by atoms with Gasteiger partial charge < -0.3 is 13.8 Å².